The van der Waals surface area contributed by atoms with Gasteiger partial charge in [0, 0.05) is 59.1 Å². The molecule has 0 aliphatic carbocycles. The average molecular weight is 1060 g/mol. The zero-order valence-corrected chi connectivity index (χ0v) is 45.8. The molecule has 0 spiro atoms. The first-order valence-corrected chi connectivity index (χ1v) is 30.4. The minimum Gasteiger partial charge on any atom is -0.497 e. The van der Waals surface area contributed by atoms with Crippen molar-refractivity contribution in [3.8, 4) is 11.5 Å². The number of carbonyl (C=O) groups is 2. The number of ether oxygens (including phenoxy) is 2. The summed E-state index contributed by atoms with van der Waals surface area (Å²) >= 11 is 2.45. The molecule has 4 N–H and O–H groups in total. The Morgan fingerprint density at radius 3 is 1.37 bits per heavy atom. The summed E-state index contributed by atoms with van der Waals surface area (Å²) in [7, 11) is -3.94. The first-order valence-electron chi connectivity index (χ1n) is 25.9. The molecule has 2 aromatic heterocycles. The molecule has 2 atom stereocenters. The molecule has 2 aliphatic rings. The Morgan fingerprint density at radius 2 is 0.958 bits per heavy atom. The van der Waals surface area contributed by atoms with Crippen LogP contribution >= 0.6 is 22.7 Å². The second-order valence-corrected chi connectivity index (χ2v) is 25.1. The van der Waals surface area contributed by atoms with E-state index in [9.17, 15) is 26.4 Å². The molecule has 4 heterocycles. The van der Waals surface area contributed by atoms with Crippen molar-refractivity contribution >= 4 is 54.5 Å². The molecule has 4 aromatic rings. The van der Waals surface area contributed by atoms with E-state index in [1.165, 1.54) is 93.3 Å². The molecule has 0 bridgehead atoms. The molecule has 6 rings (SSSR count). The van der Waals surface area contributed by atoms with Crippen molar-refractivity contribution in [2.75, 3.05) is 53.5 Å². The van der Waals surface area contributed by atoms with Crippen LogP contribution in [0, 0.1) is 0 Å². The van der Waals surface area contributed by atoms with Gasteiger partial charge in [-0.3, -0.25) is 9.59 Å². The van der Waals surface area contributed by atoms with E-state index in [2.05, 4.69) is 35.1 Å². The Balaban J connectivity index is 0.000000264. The van der Waals surface area contributed by atoms with E-state index < -0.39 is 20.0 Å². The Hall–Kier alpha value is -3.88. The summed E-state index contributed by atoms with van der Waals surface area (Å²) in [6.07, 6.45) is 19.4. The molecule has 2 amide bonds. The lowest BCUT2D eigenvalue weighted by molar-refractivity contribution is 0.0943. The molecule has 2 fully saturated rings. The highest BCUT2D eigenvalue weighted by Gasteiger charge is 2.30. The summed E-state index contributed by atoms with van der Waals surface area (Å²) in [6.45, 7) is 9.22. The van der Waals surface area contributed by atoms with Gasteiger partial charge in [-0.15, -0.1) is 22.7 Å². The van der Waals surface area contributed by atoms with Crippen LogP contribution in [0.15, 0.2) is 81.2 Å². The van der Waals surface area contributed by atoms with Gasteiger partial charge in [0.15, 0.2) is 0 Å². The molecule has 18 heteroatoms. The fourth-order valence-corrected chi connectivity index (χ4v) is 14.7. The van der Waals surface area contributed by atoms with Crippen LogP contribution < -0.4 is 30.7 Å². The third-order valence-corrected chi connectivity index (χ3v) is 19.9. The number of nitrogens with one attached hydrogen (secondary N) is 4. The van der Waals surface area contributed by atoms with Gasteiger partial charge in [-0.05, 0) is 125 Å². The molecule has 0 saturated carbocycles. The van der Waals surface area contributed by atoms with Gasteiger partial charge in [0.2, 0.25) is 0 Å². The van der Waals surface area contributed by atoms with Gasteiger partial charge < -0.3 is 30.7 Å². The molecule has 394 valence electrons. The van der Waals surface area contributed by atoms with E-state index in [0.717, 1.165) is 61.4 Å². The highest BCUT2D eigenvalue weighted by Crippen LogP contribution is 2.29. The molecule has 2 aromatic carbocycles. The highest BCUT2D eigenvalue weighted by atomic mass is 32.3. The SMILES string of the molecule is CCCCCCCCNC1CCCN(S(=O)(=O)c2ccc(CNC(=O)c3cccc(OC)c3)s2)CC1.CCCCCCCNC1CCCN(S(=O)(=O)c2ccc(CNC(=O)c3cccc(OC)c3)s2)CC1. The smallest absolute Gasteiger partial charge is 0.252 e. The first-order chi connectivity index (χ1) is 34.4. The summed E-state index contributed by atoms with van der Waals surface area (Å²) in [4.78, 5) is 26.5. The van der Waals surface area contributed by atoms with Gasteiger partial charge in [-0.25, -0.2) is 16.8 Å². The topological polar surface area (TPSA) is 175 Å². The van der Waals surface area contributed by atoms with E-state index in [4.69, 9.17) is 9.47 Å². The second kappa shape index (κ2) is 31.0. The summed E-state index contributed by atoms with van der Waals surface area (Å²) in [5.74, 6) is 0.783. The maximum Gasteiger partial charge on any atom is 0.252 e. The van der Waals surface area contributed by atoms with Crippen LogP contribution in [0.3, 0.4) is 0 Å². The molecular formula is C53H80N6O8S4. The van der Waals surface area contributed by atoms with E-state index in [1.807, 2.05) is 0 Å². The Bertz CT molecular complexity index is 2430. The van der Waals surface area contributed by atoms with Gasteiger partial charge in [-0.2, -0.15) is 8.61 Å². The molecule has 2 aliphatic heterocycles. The van der Waals surface area contributed by atoms with Crippen LogP contribution in [-0.2, 0) is 33.1 Å². The third-order valence-electron chi connectivity index (χ3n) is 13.0. The molecule has 14 nitrogen and oxygen atoms in total. The second-order valence-electron chi connectivity index (χ2n) is 18.4. The monoisotopic (exact) mass is 1060 g/mol. The number of amides is 2. The Morgan fingerprint density at radius 1 is 0.549 bits per heavy atom. The number of methoxy groups -OCH3 is 2. The lowest BCUT2D eigenvalue weighted by atomic mass is 10.1. The Labute approximate surface area is 433 Å². The zero-order valence-electron chi connectivity index (χ0n) is 42.6. The highest BCUT2D eigenvalue weighted by molar-refractivity contribution is 7.91. The fraction of sp³-hybridized carbons (Fsp3) is 0.585. The Kier molecular flexibility index (Phi) is 25.3. The summed E-state index contributed by atoms with van der Waals surface area (Å²) in [5, 5.41) is 13.0. The van der Waals surface area contributed by atoms with Crippen LogP contribution in [0.4, 0.5) is 0 Å². The van der Waals surface area contributed by atoms with Crippen molar-refractivity contribution in [3.05, 3.63) is 93.7 Å². The van der Waals surface area contributed by atoms with Crippen molar-refractivity contribution in [1.82, 2.24) is 29.9 Å². The number of sulfonamides is 2. The normalized spacial score (nSPS) is 17.1. The summed E-state index contributed by atoms with van der Waals surface area (Å²) < 4.78 is 67.4. The summed E-state index contributed by atoms with van der Waals surface area (Å²) in [6, 6.07) is 21.5. The largest absolute Gasteiger partial charge is 0.497 e. The van der Waals surface area contributed by atoms with E-state index in [0.29, 0.717) is 69.3 Å². The third kappa shape index (κ3) is 19.2. The predicted molar refractivity (Wildman–Crippen MR) is 288 cm³/mol. The van der Waals surface area contributed by atoms with Crippen LogP contribution in [0.2, 0.25) is 0 Å². The molecule has 71 heavy (non-hydrogen) atoms. The van der Waals surface area contributed by atoms with E-state index in [-0.39, 0.29) is 24.9 Å². The fourth-order valence-electron chi connectivity index (χ4n) is 8.78. The lowest BCUT2D eigenvalue weighted by Crippen LogP contribution is -2.34. The maximum absolute atomic E-state index is 13.3. The molecule has 2 unspecified atom stereocenters. The van der Waals surface area contributed by atoms with Crippen LogP contribution in [-0.4, -0.2) is 103 Å². The molecule has 0 radical (unpaired) electrons. The van der Waals surface area contributed by atoms with Crippen molar-refractivity contribution in [1.29, 1.82) is 0 Å². The predicted octanol–water partition coefficient (Wildman–Crippen LogP) is 9.97. The number of unbranched alkanes of at least 4 members (excludes halogenated alkanes) is 9. The molecule has 2 saturated heterocycles. The van der Waals surface area contributed by atoms with Crippen molar-refractivity contribution in [2.24, 2.45) is 0 Å². The van der Waals surface area contributed by atoms with Crippen molar-refractivity contribution in [2.45, 2.75) is 157 Å². The van der Waals surface area contributed by atoms with Crippen LogP contribution in [0.5, 0.6) is 11.5 Å². The van der Waals surface area contributed by atoms with Crippen LogP contribution in [0.1, 0.15) is 153 Å². The van der Waals surface area contributed by atoms with Gasteiger partial charge in [0.1, 0.15) is 19.9 Å². The summed E-state index contributed by atoms with van der Waals surface area (Å²) in [5.41, 5.74) is 1.01. The lowest BCUT2D eigenvalue weighted by Gasteiger charge is -2.19. The van der Waals surface area contributed by atoms with E-state index >= 15 is 0 Å². The van der Waals surface area contributed by atoms with Gasteiger partial charge in [0.25, 0.3) is 31.9 Å². The minimum absolute atomic E-state index is 0.223. The number of hydrogen-bond acceptors (Lipinski definition) is 12. The van der Waals surface area contributed by atoms with Crippen molar-refractivity contribution in [3.63, 3.8) is 0 Å². The number of rotatable bonds is 27. The first kappa shape index (κ1) is 58.0. The van der Waals surface area contributed by atoms with E-state index in [1.54, 1.807) is 95.6 Å². The van der Waals surface area contributed by atoms with Crippen LogP contribution in [0.25, 0.3) is 0 Å². The number of hydrogen-bond donors (Lipinski definition) is 4. The standard InChI is InChI=1S/C27H41N3O4S2.C26H39N3O4S2/c1-3-4-5-6-7-8-17-28-23-12-10-18-30(19-16-23)36(32,33)26-15-14-25(35-26)21-29-27(31)22-11-9-13-24(20-22)34-2;1-3-4-5-6-7-16-27-22-11-9-17-29(18-15-22)35(31,32)25-14-13-24(34-25)20-28-26(30)21-10-8-12-23(19-21)33-2/h9,11,13-15,20,23,28H,3-8,10,12,16-19,21H2,1-2H3,(H,29,31);8,10,12-14,19,22,27H,3-7,9,11,15-18,20H2,1-2H3,(H,28,30). The van der Waals surface area contributed by atoms with Crippen molar-refractivity contribution < 1.29 is 35.9 Å². The average Bonchev–Trinajstić information content (AvgIpc) is 3.94. The molecular weight excluding hydrogens is 977 g/mol. The number of thiophene rings is 2. The van der Waals surface area contributed by atoms with Gasteiger partial charge in [0.05, 0.1) is 27.3 Å². The number of nitrogens with zero attached hydrogens (tertiary/aromatic N) is 2. The maximum atomic E-state index is 13.3. The van der Waals surface area contributed by atoms with Gasteiger partial charge in [-0.1, -0.05) is 83.8 Å². The van der Waals surface area contributed by atoms with Gasteiger partial charge >= 0.3 is 0 Å². The number of benzene rings is 2. The number of carbonyl (C=O) groups excluding carboxylic acids is 2. The minimum atomic E-state index is -3.53. The quantitative estimate of drug-likeness (QED) is 0.0421. The zero-order chi connectivity index (χ0) is 50.9.